The predicted molar refractivity (Wildman–Crippen MR) is 85.2 cm³/mol. The van der Waals surface area contributed by atoms with Crippen LogP contribution in [-0.4, -0.2) is 43.6 Å². The maximum Gasteiger partial charge on any atom is 0.225 e. The summed E-state index contributed by atoms with van der Waals surface area (Å²) in [7, 11) is 1.96. The Morgan fingerprint density at radius 3 is 2.71 bits per heavy atom. The first kappa shape index (κ1) is 16.4. The van der Waals surface area contributed by atoms with Gasteiger partial charge in [-0.15, -0.1) is 0 Å². The summed E-state index contributed by atoms with van der Waals surface area (Å²) in [5.41, 5.74) is 0. The van der Waals surface area contributed by atoms with Gasteiger partial charge < -0.3 is 15.0 Å². The molecule has 0 bridgehead atoms. The maximum absolute atomic E-state index is 12.1. The summed E-state index contributed by atoms with van der Waals surface area (Å²) in [4.78, 5) is 14.0. The summed E-state index contributed by atoms with van der Waals surface area (Å²) in [5.74, 6) is 0.692. The lowest BCUT2D eigenvalue weighted by atomic mass is 10.1. The number of carbonyl (C=O) groups excluding carboxylic acids is 1. The van der Waals surface area contributed by atoms with Crippen LogP contribution >= 0.6 is 23.2 Å². The summed E-state index contributed by atoms with van der Waals surface area (Å²) in [6, 6.07) is 5.59. The SMILES string of the molecule is CNC1CCN(C(=O)CCOc2ccc(Cl)cc2Cl)CC1. The first-order valence-corrected chi connectivity index (χ1v) is 7.88. The number of nitrogens with zero attached hydrogens (tertiary/aromatic N) is 1. The lowest BCUT2D eigenvalue weighted by Crippen LogP contribution is -2.44. The van der Waals surface area contributed by atoms with E-state index in [2.05, 4.69) is 5.32 Å². The van der Waals surface area contributed by atoms with Crippen molar-refractivity contribution in [1.82, 2.24) is 10.2 Å². The van der Waals surface area contributed by atoms with Gasteiger partial charge in [0, 0.05) is 24.2 Å². The Bertz CT molecular complexity index is 489. The normalized spacial score (nSPS) is 16.0. The number of halogens is 2. The number of piperidine rings is 1. The zero-order valence-corrected chi connectivity index (χ0v) is 13.6. The number of rotatable bonds is 5. The number of nitrogens with one attached hydrogen (secondary N) is 1. The third-order valence-corrected chi connectivity index (χ3v) is 4.25. The molecule has 1 amide bonds. The van der Waals surface area contributed by atoms with E-state index in [1.165, 1.54) is 0 Å². The molecule has 1 saturated heterocycles. The number of amides is 1. The summed E-state index contributed by atoms with van der Waals surface area (Å²) in [5, 5.41) is 4.28. The van der Waals surface area contributed by atoms with Gasteiger partial charge in [-0.3, -0.25) is 4.79 Å². The third-order valence-electron chi connectivity index (χ3n) is 3.72. The number of hydrogen-bond donors (Lipinski definition) is 1. The Balaban J connectivity index is 1.74. The van der Waals surface area contributed by atoms with Crippen LogP contribution < -0.4 is 10.1 Å². The monoisotopic (exact) mass is 330 g/mol. The van der Waals surface area contributed by atoms with Crippen molar-refractivity contribution in [1.29, 1.82) is 0 Å². The largest absolute Gasteiger partial charge is 0.491 e. The maximum atomic E-state index is 12.1. The minimum absolute atomic E-state index is 0.134. The van der Waals surface area contributed by atoms with Crippen LogP contribution in [0.25, 0.3) is 0 Å². The number of likely N-dealkylation sites (tertiary alicyclic amines) is 1. The second-order valence-electron chi connectivity index (χ2n) is 5.12. The topological polar surface area (TPSA) is 41.6 Å². The standard InChI is InChI=1S/C15H20Cl2N2O2/c1-18-12-4-7-19(8-5-12)15(20)6-9-21-14-3-2-11(16)10-13(14)17/h2-3,10,12,18H,4-9H2,1H3. The highest BCUT2D eigenvalue weighted by molar-refractivity contribution is 6.35. The molecule has 0 aromatic heterocycles. The van der Waals surface area contributed by atoms with E-state index in [0.717, 1.165) is 25.9 Å². The van der Waals surface area contributed by atoms with Crippen LogP contribution in [0, 0.1) is 0 Å². The van der Waals surface area contributed by atoms with Crippen LogP contribution in [-0.2, 0) is 4.79 Å². The molecule has 6 heteroatoms. The lowest BCUT2D eigenvalue weighted by Gasteiger charge is -2.31. The molecule has 1 N–H and O–H groups in total. The molecule has 1 fully saturated rings. The molecule has 0 atom stereocenters. The average molecular weight is 331 g/mol. The van der Waals surface area contributed by atoms with Crippen molar-refractivity contribution in [2.75, 3.05) is 26.7 Å². The van der Waals surface area contributed by atoms with Crippen LogP contribution in [0.2, 0.25) is 10.0 Å². The highest BCUT2D eigenvalue weighted by Crippen LogP contribution is 2.27. The fourth-order valence-electron chi connectivity index (χ4n) is 2.42. The van der Waals surface area contributed by atoms with E-state index in [0.29, 0.717) is 34.9 Å². The molecule has 0 unspecified atom stereocenters. The van der Waals surface area contributed by atoms with Crippen LogP contribution in [0.1, 0.15) is 19.3 Å². The fourth-order valence-corrected chi connectivity index (χ4v) is 2.88. The van der Waals surface area contributed by atoms with Crippen molar-refractivity contribution < 1.29 is 9.53 Å². The number of benzene rings is 1. The van der Waals surface area contributed by atoms with Crippen molar-refractivity contribution in [2.45, 2.75) is 25.3 Å². The molecule has 1 aliphatic rings. The molecule has 1 aromatic rings. The molecular formula is C15H20Cl2N2O2. The Morgan fingerprint density at radius 1 is 1.38 bits per heavy atom. The average Bonchev–Trinajstić information content (AvgIpc) is 2.49. The molecule has 1 heterocycles. The summed E-state index contributed by atoms with van der Waals surface area (Å²) in [6.45, 7) is 1.95. The molecule has 1 aromatic carbocycles. The highest BCUT2D eigenvalue weighted by atomic mass is 35.5. The Hall–Kier alpha value is -0.970. The first-order valence-electron chi connectivity index (χ1n) is 7.13. The molecular weight excluding hydrogens is 311 g/mol. The Labute approximate surface area is 135 Å². The second-order valence-corrected chi connectivity index (χ2v) is 5.96. The van der Waals surface area contributed by atoms with E-state index in [1.807, 2.05) is 11.9 Å². The number of ether oxygens (including phenoxy) is 1. The van der Waals surface area contributed by atoms with E-state index >= 15 is 0 Å². The molecule has 0 saturated carbocycles. The smallest absolute Gasteiger partial charge is 0.225 e. The van der Waals surface area contributed by atoms with Gasteiger partial charge in [0.1, 0.15) is 5.75 Å². The van der Waals surface area contributed by atoms with Crippen molar-refractivity contribution in [3.8, 4) is 5.75 Å². The quantitative estimate of drug-likeness (QED) is 0.902. The van der Waals surface area contributed by atoms with Crippen molar-refractivity contribution in [3.63, 3.8) is 0 Å². The lowest BCUT2D eigenvalue weighted by molar-refractivity contribution is -0.132. The molecule has 0 spiro atoms. The first-order chi connectivity index (χ1) is 10.1. The minimum Gasteiger partial charge on any atom is -0.491 e. The molecule has 1 aliphatic heterocycles. The van der Waals surface area contributed by atoms with Crippen molar-refractivity contribution >= 4 is 29.1 Å². The van der Waals surface area contributed by atoms with Crippen molar-refractivity contribution in [3.05, 3.63) is 28.2 Å². The van der Waals surface area contributed by atoms with Gasteiger partial charge in [-0.1, -0.05) is 23.2 Å². The van der Waals surface area contributed by atoms with Crippen molar-refractivity contribution in [2.24, 2.45) is 0 Å². The van der Waals surface area contributed by atoms with E-state index in [1.54, 1.807) is 18.2 Å². The zero-order chi connectivity index (χ0) is 15.2. The minimum atomic E-state index is 0.134. The van der Waals surface area contributed by atoms with Crippen LogP contribution in [0.3, 0.4) is 0 Å². The van der Waals surface area contributed by atoms with E-state index in [-0.39, 0.29) is 5.91 Å². The van der Waals surface area contributed by atoms with E-state index < -0.39 is 0 Å². The van der Waals surface area contributed by atoms with Gasteiger partial charge >= 0.3 is 0 Å². The van der Waals surface area contributed by atoms with Gasteiger partial charge in [0.05, 0.1) is 18.1 Å². The predicted octanol–water partition coefficient (Wildman–Crippen LogP) is 2.97. The summed E-state index contributed by atoms with van der Waals surface area (Å²) >= 11 is 11.8. The van der Waals surface area contributed by atoms with Gasteiger partial charge in [0.25, 0.3) is 0 Å². The summed E-state index contributed by atoms with van der Waals surface area (Å²) in [6.07, 6.45) is 2.38. The highest BCUT2D eigenvalue weighted by Gasteiger charge is 2.21. The summed E-state index contributed by atoms with van der Waals surface area (Å²) < 4.78 is 5.55. The fraction of sp³-hybridized carbons (Fsp3) is 0.533. The van der Waals surface area contributed by atoms with Gasteiger partial charge in [0.15, 0.2) is 0 Å². The number of hydrogen-bond acceptors (Lipinski definition) is 3. The molecule has 2 rings (SSSR count). The Kier molecular flexibility index (Phi) is 6.15. The molecule has 0 radical (unpaired) electrons. The van der Waals surface area contributed by atoms with E-state index in [9.17, 15) is 4.79 Å². The van der Waals surface area contributed by atoms with Crippen LogP contribution in [0.15, 0.2) is 18.2 Å². The van der Waals surface area contributed by atoms with Gasteiger partial charge in [-0.25, -0.2) is 0 Å². The number of carbonyl (C=O) groups is 1. The van der Waals surface area contributed by atoms with Crippen LogP contribution in [0.4, 0.5) is 0 Å². The van der Waals surface area contributed by atoms with Gasteiger partial charge in [0.2, 0.25) is 5.91 Å². The third kappa shape index (κ3) is 4.77. The zero-order valence-electron chi connectivity index (χ0n) is 12.1. The molecule has 116 valence electrons. The van der Waals surface area contributed by atoms with Gasteiger partial charge in [-0.2, -0.15) is 0 Å². The second kappa shape index (κ2) is 7.87. The van der Waals surface area contributed by atoms with Gasteiger partial charge in [-0.05, 0) is 38.1 Å². The van der Waals surface area contributed by atoms with E-state index in [4.69, 9.17) is 27.9 Å². The molecule has 4 nitrogen and oxygen atoms in total. The molecule has 21 heavy (non-hydrogen) atoms. The Morgan fingerprint density at radius 2 is 2.10 bits per heavy atom. The molecule has 0 aliphatic carbocycles. The van der Waals surface area contributed by atoms with Crippen LogP contribution in [0.5, 0.6) is 5.75 Å².